The normalized spacial score (nSPS) is 18.3. The lowest BCUT2D eigenvalue weighted by Gasteiger charge is -2.19. The van der Waals surface area contributed by atoms with Gasteiger partial charge >= 0.3 is 0 Å². The first-order valence-electron chi connectivity index (χ1n) is 6.57. The minimum atomic E-state index is -0.487. The van der Waals surface area contributed by atoms with E-state index in [4.69, 9.17) is 0 Å². The lowest BCUT2D eigenvalue weighted by atomic mass is 10.2. The van der Waals surface area contributed by atoms with Crippen LogP contribution >= 0.6 is 0 Å². The Balaban J connectivity index is 1.94. The van der Waals surface area contributed by atoms with Crippen molar-refractivity contribution in [1.29, 1.82) is 0 Å². The quantitative estimate of drug-likeness (QED) is 0.649. The molecule has 0 saturated carbocycles. The van der Waals surface area contributed by atoms with Gasteiger partial charge in [0.25, 0.3) is 5.91 Å². The van der Waals surface area contributed by atoms with Crippen molar-refractivity contribution >= 4 is 23.9 Å². The molecule has 1 atom stereocenters. The Hall–Kier alpha value is -2.76. The number of pyridine rings is 1. The summed E-state index contributed by atoms with van der Waals surface area (Å²) in [6.45, 7) is 3.49. The van der Waals surface area contributed by atoms with E-state index in [9.17, 15) is 4.79 Å². The second kappa shape index (κ2) is 7.14. The van der Waals surface area contributed by atoms with Crippen LogP contribution in [0.2, 0.25) is 0 Å². The number of aromatic nitrogens is 1. The summed E-state index contributed by atoms with van der Waals surface area (Å²) < 4.78 is 0. The van der Waals surface area contributed by atoms with Crippen molar-refractivity contribution in [2.45, 2.75) is 20.1 Å². The van der Waals surface area contributed by atoms with E-state index in [0.717, 1.165) is 11.3 Å². The Morgan fingerprint density at radius 3 is 2.95 bits per heavy atom. The van der Waals surface area contributed by atoms with Gasteiger partial charge in [-0.3, -0.25) is 14.8 Å². The second-order valence-corrected chi connectivity index (χ2v) is 4.35. The van der Waals surface area contributed by atoms with Crippen LogP contribution in [0.5, 0.6) is 0 Å². The van der Waals surface area contributed by atoms with Gasteiger partial charge in [0.05, 0.1) is 5.69 Å². The maximum Gasteiger partial charge on any atom is 0.251 e. The number of carbonyl (C=O) groups excluding carboxylic acids is 1. The summed E-state index contributed by atoms with van der Waals surface area (Å²) in [5.41, 5.74) is 2.21. The molecule has 0 fully saturated rings. The first-order chi connectivity index (χ1) is 10.2. The number of amides is 1. The molecule has 1 unspecified atom stereocenters. The van der Waals surface area contributed by atoms with Gasteiger partial charge in [0.1, 0.15) is 0 Å². The Kier molecular flexibility index (Phi) is 4.98. The van der Waals surface area contributed by atoms with Crippen LogP contribution in [0.25, 0.3) is 5.57 Å². The van der Waals surface area contributed by atoms with Crippen molar-refractivity contribution in [2.75, 3.05) is 0 Å². The average molecular weight is 283 g/mol. The van der Waals surface area contributed by atoms with E-state index in [0.29, 0.717) is 5.57 Å². The summed E-state index contributed by atoms with van der Waals surface area (Å²) >= 11 is 0. The predicted octanol–water partition coefficient (Wildman–Crippen LogP) is 1.49. The molecule has 1 aromatic rings. The number of nitrogens with one attached hydrogen (secondary N) is 2. The Labute approximate surface area is 123 Å². The minimum Gasteiger partial charge on any atom is -0.352 e. The number of nitrogens with zero attached hydrogens (tertiary/aromatic N) is 3. The second-order valence-electron chi connectivity index (χ2n) is 4.35. The van der Waals surface area contributed by atoms with Crippen molar-refractivity contribution in [3.63, 3.8) is 0 Å². The van der Waals surface area contributed by atoms with Crippen LogP contribution in [0.15, 0.2) is 52.4 Å². The van der Waals surface area contributed by atoms with Gasteiger partial charge in [0.2, 0.25) is 0 Å². The van der Waals surface area contributed by atoms with E-state index in [-0.39, 0.29) is 5.91 Å². The smallest absolute Gasteiger partial charge is 0.251 e. The summed E-state index contributed by atoms with van der Waals surface area (Å²) in [4.78, 5) is 24.3. The minimum absolute atomic E-state index is 0.218. The molecule has 0 saturated heterocycles. The summed E-state index contributed by atoms with van der Waals surface area (Å²) in [5, 5.41) is 5.76. The van der Waals surface area contributed by atoms with Gasteiger partial charge < -0.3 is 10.6 Å². The summed E-state index contributed by atoms with van der Waals surface area (Å²) in [7, 11) is 0. The number of hydrogen-bond donors (Lipinski definition) is 2. The van der Waals surface area contributed by atoms with E-state index < -0.39 is 6.29 Å². The molecule has 1 aliphatic heterocycles. The van der Waals surface area contributed by atoms with Crippen molar-refractivity contribution in [1.82, 2.24) is 15.6 Å². The molecule has 6 nitrogen and oxygen atoms in total. The van der Waals surface area contributed by atoms with Crippen molar-refractivity contribution in [3.05, 3.63) is 48.1 Å². The highest BCUT2D eigenvalue weighted by atomic mass is 16.2. The Bertz CT molecular complexity index is 616. The first kappa shape index (κ1) is 14.6. The maximum atomic E-state index is 11.9. The molecular weight excluding hydrogens is 266 g/mol. The van der Waals surface area contributed by atoms with Gasteiger partial charge in [0.15, 0.2) is 6.29 Å². The van der Waals surface area contributed by atoms with Crippen LogP contribution in [-0.4, -0.2) is 29.6 Å². The van der Waals surface area contributed by atoms with E-state index in [1.807, 2.05) is 18.2 Å². The average Bonchev–Trinajstić information content (AvgIpc) is 2.54. The molecular formula is C15H17N5O. The van der Waals surface area contributed by atoms with Gasteiger partial charge in [0, 0.05) is 42.2 Å². The summed E-state index contributed by atoms with van der Waals surface area (Å²) in [5.74, 6) is -0.218. The topological polar surface area (TPSA) is 78.7 Å². The van der Waals surface area contributed by atoms with Gasteiger partial charge in [-0.15, -0.1) is 0 Å². The molecule has 1 amide bonds. The van der Waals surface area contributed by atoms with Gasteiger partial charge in [-0.25, -0.2) is 4.99 Å². The van der Waals surface area contributed by atoms with Crippen molar-refractivity contribution in [2.24, 2.45) is 9.98 Å². The molecule has 108 valence electrons. The number of rotatable bonds is 4. The van der Waals surface area contributed by atoms with Gasteiger partial charge in [-0.2, -0.15) is 0 Å². The number of hydrogen-bond acceptors (Lipinski definition) is 5. The number of aliphatic imine (C=N–C) groups is 2. The lowest BCUT2D eigenvalue weighted by Crippen LogP contribution is -2.43. The fourth-order valence-electron chi connectivity index (χ4n) is 1.64. The highest BCUT2D eigenvalue weighted by Crippen LogP contribution is 2.10. The summed E-state index contributed by atoms with van der Waals surface area (Å²) in [6.07, 6.45) is 7.84. The molecule has 0 radical (unpaired) electrons. The Morgan fingerprint density at radius 2 is 2.33 bits per heavy atom. The molecule has 0 aromatic carbocycles. The van der Waals surface area contributed by atoms with Gasteiger partial charge in [-0.05, 0) is 26.0 Å². The third-order valence-corrected chi connectivity index (χ3v) is 2.76. The molecule has 0 bridgehead atoms. The maximum absolute atomic E-state index is 11.9. The van der Waals surface area contributed by atoms with Crippen LogP contribution in [0.1, 0.15) is 19.5 Å². The molecule has 21 heavy (non-hydrogen) atoms. The molecule has 0 spiro atoms. The van der Waals surface area contributed by atoms with Gasteiger partial charge in [-0.1, -0.05) is 6.07 Å². The van der Waals surface area contributed by atoms with Crippen LogP contribution in [0, 0.1) is 0 Å². The molecule has 2 heterocycles. The highest BCUT2D eigenvalue weighted by Gasteiger charge is 2.13. The summed E-state index contributed by atoms with van der Waals surface area (Å²) in [6, 6.07) is 5.66. The zero-order valence-corrected chi connectivity index (χ0v) is 11.9. The molecule has 1 aromatic heterocycles. The van der Waals surface area contributed by atoms with Crippen LogP contribution in [0.4, 0.5) is 0 Å². The third-order valence-electron chi connectivity index (χ3n) is 2.76. The molecule has 0 aliphatic carbocycles. The van der Waals surface area contributed by atoms with E-state index in [1.54, 1.807) is 38.7 Å². The van der Waals surface area contributed by atoms with E-state index in [2.05, 4.69) is 25.6 Å². The zero-order valence-electron chi connectivity index (χ0n) is 11.9. The van der Waals surface area contributed by atoms with E-state index >= 15 is 0 Å². The molecule has 2 N–H and O–H groups in total. The number of carbonyl (C=O) groups is 1. The Morgan fingerprint density at radius 1 is 1.48 bits per heavy atom. The molecule has 6 heteroatoms. The predicted molar refractivity (Wildman–Crippen MR) is 83.7 cm³/mol. The lowest BCUT2D eigenvalue weighted by molar-refractivity contribution is -0.118. The zero-order chi connectivity index (χ0) is 15.1. The molecule has 2 rings (SSSR count). The fourth-order valence-corrected chi connectivity index (χ4v) is 1.64. The van der Waals surface area contributed by atoms with Crippen LogP contribution < -0.4 is 10.6 Å². The monoisotopic (exact) mass is 283 g/mol. The molecule has 1 aliphatic rings. The van der Waals surface area contributed by atoms with E-state index in [1.165, 1.54) is 6.20 Å². The van der Waals surface area contributed by atoms with Crippen molar-refractivity contribution < 1.29 is 4.79 Å². The third kappa shape index (κ3) is 4.10. The van der Waals surface area contributed by atoms with Crippen LogP contribution in [0.3, 0.4) is 0 Å². The largest absolute Gasteiger partial charge is 0.352 e. The van der Waals surface area contributed by atoms with Crippen LogP contribution in [-0.2, 0) is 4.79 Å². The highest BCUT2D eigenvalue weighted by molar-refractivity contribution is 6.09. The fraction of sp³-hybridized carbons (Fsp3) is 0.200. The SMILES string of the molecule is CC=N/C=C(\C)C(=O)NC1N=CC(c2ccccn2)=CN1. The first-order valence-corrected chi connectivity index (χ1v) is 6.57. The van der Waals surface area contributed by atoms with Crippen molar-refractivity contribution in [3.8, 4) is 0 Å². The number of allylic oxidation sites excluding steroid dienone is 1. The standard InChI is InChI=1S/C15H17N5O/c1-3-16-8-11(2)14(21)20-15-18-9-12(10-19-15)13-6-4-5-7-17-13/h3-10,15,18H,1-2H3,(H,20,21)/b11-8+,16-3?.